The van der Waals surface area contributed by atoms with Crippen molar-refractivity contribution in [2.75, 3.05) is 0 Å². The number of benzene rings is 2. The van der Waals surface area contributed by atoms with Gasteiger partial charge >= 0.3 is 0 Å². The molecule has 2 aromatic carbocycles. The fraction of sp³-hybridized carbons (Fsp3) is 0.200. The van der Waals surface area contributed by atoms with Crippen LogP contribution in [0.2, 0.25) is 5.02 Å². The Kier molecular flexibility index (Phi) is 4.17. The average molecular weight is 283 g/mol. The molecule has 1 atom stereocenters. The second kappa shape index (κ2) is 5.68. The van der Waals surface area contributed by atoms with Gasteiger partial charge in [-0.2, -0.15) is 0 Å². The molecule has 1 nitrogen and oxygen atoms in total. The molecule has 0 spiro atoms. The third kappa shape index (κ3) is 3.31. The maximum absolute atomic E-state index is 13.7. The molecule has 0 saturated carbocycles. The number of aliphatic hydroxyl groups is 1. The van der Waals surface area contributed by atoms with Gasteiger partial charge < -0.3 is 5.11 Å². The van der Waals surface area contributed by atoms with Crippen molar-refractivity contribution >= 4 is 11.6 Å². The molecule has 0 heterocycles. The molecule has 19 heavy (non-hydrogen) atoms. The zero-order chi connectivity index (χ0) is 14.0. The van der Waals surface area contributed by atoms with E-state index in [0.29, 0.717) is 5.56 Å². The first-order chi connectivity index (χ1) is 8.97. The first-order valence-electron chi connectivity index (χ1n) is 5.85. The summed E-state index contributed by atoms with van der Waals surface area (Å²) >= 11 is 5.58. The van der Waals surface area contributed by atoms with Crippen LogP contribution in [0.1, 0.15) is 22.8 Å². The van der Waals surface area contributed by atoms with Crippen LogP contribution in [0.5, 0.6) is 0 Å². The van der Waals surface area contributed by atoms with Gasteiger partial charge in [0, 0.05) is 12.0 Å². The molecule has 2 aromatic rings. The zero-order valence-electron chi connectivity index (χ0n) is 10.3. The molecular weight excluding hydrogens is 270 g/mol. The van der Waals surface area contributed by atoms with Crippen molar-refractivity contribution in [3.05, 3.63) is 69.7 Å². The van der Waals surface area contributed by atoms with Crippen molar-refractivity contribution in [1.29, 1.82) is 0 Å². The molecule has 0 radical (unpaired) electrons. The van der Waals surface area contributed by atoms with Crippen molar-refractivity contribution < 1.29 is 13.9 Å². The van der Waals surface area contributed by atoms with Crippen LogP contribution in [-0.2, 0) is 6.42 Å². The molecule has 0 saturated heterocycles. The fourth-order valence-electron chi connectivity index (χ4n) is 1.90. The maximum Gasteiger partial charge on any atom is 0.142 e. The summed E-state index contributed by atoms with van der Waals surface area (Å²) in [6.07, 6.45) is -0.880. The number of aliphatic hydroxyl groups excluding tert-OH is 1. The summed E-state index contributed by atoms with van der Waals surface area (Å²) in [5.41, 5.74) is 1.56. The van der Waals surface area contributed by atoms with Gasteiger partial charge in [-0.1, -0.05) is 29.8 Å². The first-order valence-corrected chi connectivity index (χ1v) is 6.23. The van der Waals surface area contributed by atoms with Crippen LogP contribution in [0.15, 0.2) is 36.4 Å². The molecular formula is C15H13ClF2O. The number of rotatable bonds is 3. The minimum absolute atomic E-state index is 0.0276. The summed E-state index contributed by atoms with van der Waals surface area (Å²) < 4.78 is 27.0. The first kappa shape index (κ1) is 14.0. The topological polar surface area (TPSA) is 20.2 Å². The van der Waals surface area contributed by atoms with Gasteiger partial charge in [0.25, 0.3) is 0 Å². The highest BCUT2D eigenvalue weighted by Crippen LogP contribution is 2.24. The van der Waals surface area contributed by atoms with E-state index in [9.17, 15) is 13.9 Å². The Balaban J connectivity index is 2.20. The lowest BCUT2D eigenvalue weighted by molar-refractivity contribution is 0.173. The third-order valence-corrected chi connectivity index (χ3v) is 3.23. The standard InChI is InChI=1S/C15H13ClF2O/c1-9-2-4-11(13(17)6-9)15(19)8-10-3-5-12(16)14(18)7-10/h2-7,15,19H,8H2,1H3. The van der Waals surface area contributed by atoms with Gasteiger partial charge in [-0.05, 0) is 36.2 Å². The van der Waals surface area contributed by atoms with E-state index in [1.54, 1.807) is 25.1 Å². The van der Waals surface area contributed by atoms with E-state index in [2.05, 4.69) is 0 Å². The van der Waals surface area contributed by atoms with E-state index in [1.165, 1.54) is 18.2 Å². The molecule has 4 heteroatoms. The highest BCUT2D eigenvalue weighted by Gasteiger charge is 2.14. The Hall–Kier alpha value is -1.45. The Morgan fingerprint density at radius 1 is 1.11 bits per heavy atom. The van der Waals surface area contributed by atoms with Crippen molar-refractivity contribution in [2.24, 2.45) is 0 Å². The highest BCUT2D eigenvalue weighted by molar-refractivity contribution is 6.30. The van der Waals surface area contributed by atoms with E-state index < -0.39 is 17.7 Å². The SMILES string of the molecule is Cc1ccc(C(O)Cc2ccc(Cl)c(F)c2)c(F)c1. The highest BCUT2D eigenvalue weighted by atomic mass is 35.5. The molecule has 100 valence electrons. The summed E-state index contributed by atoms with van der Waals surface area (Å²) in [4.78, 5) is 0. The Morgan fingerprint density at radius 3 is 2.47 bits per heavy atom. The third-order valence-electron chi connectivity index (χ3n) is 2.93. The van der Waals surface area contributed by atoms with Gasteiger partial charge in [0.2, 0.25) is 0 Å². The van der Waals surface area contributed by atoms with Gasteiger partial charge in [-0.3, -0.25) is 0 Å². The molecule has 1 unspecified atom stereocenters. The van der Waals surface area contributed by atoms with Gasteiger partial charge in [-0.15, -0.1) is 0 Å². The number of hydrogen-bond donors (Lipinski definition) is 1. The lowest BCUT2D eigenvalue weighted by Gasteiger charge is -2.13. The van der Waals surface area contributed by atoms with Crippen LogP contribution in [0.3, 0.4) is 0 Å². The van der Waals surface area contributed by atoms with E-state index in [-0.39, 0.29) is 17.0 Å². The Morgan fingerprint density at radius 2 is 1.84 bits per heavy atom. The number of hydrogen-bond acceptors (Lipinski definition) is 1. The molecule has 0 amide bonds. The van der Waals surface area contributed by atoms with Crippen molar-refractivity contribution in [3.8, 4) is 0 Å². The predicted octanol–water partition coefficient (Wildman–Crippen LogP) is 4.20. The summed E-state index contributed by atoms with van der Waals surface area (Å²) in [5, 5.41) is 10.0. The van der Waals surface area contributed by atoms with E-state index in [4.69, 9.17) is 11.6 Å². The zero-order valence-corrected chi connectivity index (χ0v) is 11.1. The largest absolute Gasteiger partial charge is 0.388 e. The van der Waals surface area contributed by atoms with Crippen LogP contribution in [0.4, 0.5) is 8.78 Å². The molecule has 0 aliphatic carbocycles. The van der Waals surface area contributed by atoms with E-state index >= 15 is 0 Å². The second-order valence-electron chi connectivity index (χ2n) is 4.49. The predicted molar refractivity (Wildman–Crippen MR) is 71.2 cm³/mol. The second-order valence-corrected chi connectivity index (χ2v) is 4.90. The van der Waals surface area contributed by atoms with Gasteiger partial charge in [-0.25, -0.2) is 8.78 Å². The van der Waals surface area contributed by atoms with Crippen LogP contribution >= 0.6 is 11.6 Å². The van der Waals surface area contributed by atoms with Gasteiger partial charge in [0.15, 0.2) is 0 Å². The van der Waals surface area contributed by atoms with Gasteiger partial charge in [0.05, 0.1) is 11.1 Å². The molecule has 0 aromatic heterocycles. The van der Waals surface area contributed by atoms with Crippen molar-refractivity contribution in [3.63, 3.8) is 0 Å². The quantitative estimate of drug-likeness (QED) is 0.894. The van der Waals surface area contributed by atoms with Crippen molar-refractivity contribution in [1.82, 2.24) is 0 Å². The number of aryl methyl sites for hydroxylation is 1. The minimum Gasteiger partial charge on any atom is -0.388 e. The molecule has 0 aliphatic heterocycles. The molecule has 2 rings (SSSR count). The van der Waals surface area contributed by atoms with Crippen LogP contribution in [-0.4, -0.2) is 5.11 Å². The minimum atomic E-state index is -1.01. The van der Waals surface area contributed by atoms with E-state index in [0.717, 1.165) is 5.56 Å². The Bertz CT molecular complexity index is 599. The van der Waals surface area contributed by atoms with Crippen LogP contribution in [0.25, 0.3) is 0 Å². The monoisotopic (exact) mass is 282 g/mol. The normalized spacial score (nSPS) is 12.5. The molecule has 0 aliphatic rings. The molecule has 0 fully saturated rings. The fourth-order valence-corrected chi connectivity index (χ4v) is 2.02. The Labute approximate surface area is 115 Å². The molecule has 1 N–H and O–H groups in total. The summed E-state index contributed by atoms with van der Waals surface area (Å²) in [6.45, 7) is 1.77. The van der Waals surface area contributed by atoms with Crippen LogP contribution < -0.4 is 0 Å². The van der Waals surface area contributed by atoms with Crippen LogP contribution in [0, 0.1) is 18.6 Å². The van der Waals surface area contributed by atoms with Crippen molar-refractivity contribution in [2.45, 2.75) is 19.4 Å². The average Bonchev–Trinajstić information content (AvgIpc) is 2.33. The number of halogens is 3. The summed E-state index contributed by atoms with van der Waals surface area (Å²) in [7, 11) is 0. The molecule has 0 bridgehead atoms. The van der Waals surface area contributed by atoms with Gasteiger partial charge in [0.1, 0.15) is 11.6 Å². The summed E-state index contributed by atoms with van der Waals surface area (Å²) in [5.74, 6) is -1.00. The lowest BCUT2D eigenvalue weighted by Crippen LogP contribution is -2.05. The maximum atomic E-state index is 13.7. The van der Waals surface area contributed by atoms with E-state index in [1.807, 2.05) is 0 Å². The smallest absolute Gasteiger partial charge is 0.142 e. The summed E-state index contributed by atoms with van der Waals surface area (Å²) in [6, 6.07) is 8.91. The lowest BCUT2D eigenvalue weighted by atomic mass is 10.00.